The predicted octanol–water partition coefficient (Wildman–Crippen LogP) is 4.60. The average Bonchev–Trinajstić information content (AvgIpc) is 3.19. The van der Waals surface area contributed by atoms with Gasteiger partial charge in [-0.2, -0.15) is 0 Å². The summed E-state index contributed by atoms with van der Waals surface area (Å²) in [5, 5.41) is 5.66. The van der Waals surface area contributed by atoms with Crippen molar-refractivity contribution in [3.63, 3.8) is 0 Å². The zero-order chi connectivity index (χ0) is 20.8. The number of amides is 1. The Morgan fingerprint density at radius 2 is 1.97 bits per heavy atom. The highest BCUT2D eigenvalue weighted by atomic mass is 35.5. The van der Waals surface area contributed by atoms with Crippen LogP contribution in [-0.2, 0) is 16.1 Å². The van der Waals surface area contributed by atoms with Gasteiger partial charge < -0.3 is 14.8 Å². The standard InChI is InChI=1S/C20H16Cl2N2O4S/c1-27-17-5-3-2-4-15(17)20-24-13(11-29-20)10-28-18(25)9-23-19(26)14-7-6-12(21)8-16(14)22/h2-8,11H,9-10H2,1H3,(H,23,26). The van der Waals surface area contributed by atoms with Crippen molar-refractivity contribution in [1.82, 2.24) is 10.3 Å². The smallest absolute Gasteiger partial charge is 0.325 e. The van der Waals surface area contributed by atoms with Crippen molar-refractivity contribution >= 4 is 46.4 Å². The third kappa shape index (κ3) is 5.47. The Labute approximate surface area is 181 Å². The number of nitrogens with one attached hydrogen (secondary N) is 1. The summed E-state index contributed by atoms with van der Waals surface area (Å²) in [6.45, 7) is -0.288. The predicted molar refractivity (Wildman–Crippen MR) is 113 cm³/mol. The summed E-state index contributed by atoms with van der Waals surface area (Å²) >= 11 is 13.2. The number of carbonyl (C=O) groups excluding carboxylic acids is 2. The highest BCUT2D eigenvalue weighted by Gasteiger charge is 2.14. The minimum atomic E-state index is -0.588. The summed E-state index contributed by atoms with van der Waals surface area (Å²) in [7, 11) is 1.60. The van der Waals surface area contributed by atoms with Crippen molar-refractivity contribution in [3.05, 3.63) is 69.1 Å². The molecule has 6 nitrogen and oxygen atoms in total. The zero-order valence-electron chi connectivity index (χ0n) is 15.3. The first kappa shape index (κ1) is 21.1. The van der Waals surface area contributed by atoms with Crippen LogP contribution in [0, 0.1) is 0 Å². The van der Waals surface area contributed by atoms with Crippen LogP contribution in [0.5, 0.6) is 5.75 Å². The van der Waals surface area contributed by atoms with Crippen molar-refractivity contribution in [3.8, 4) is 16.3 Å². The summed E-state index contributed by atoms with van der Waals surface area (Å²) in [6, 6.07) is 12.0. The molecule has 0 spiro atoms. The van der Waals surface area contributed by atoms with Gasteiger partial charge in [-0.25, -0.2) is 4.98 Å². The number of thiazole rings is 1. The molecule has 0 aliphatic rings. The van der Waals surface area contributed by atoms with Crippen LogP contribution in [0.2, 0.25) is 10.0 Å². The topological polar surface area (TPSA) is 77.5 Å². The molecule has 9 heteroatoms. The molecule has 0 aliphatic heterocycles. The fourth-order valence-electron chi connectivity index (χ4n) is 2.45. The van der Waals surface area contributed by atoms with E-state index >= 15 is 0 Å². The Morgan fingerprint density at radius 1 is 1.17 bits per heavy atom. The fourth-order valence-corrected chi connectivity index (χ4v) is 3.77. The van der Waals surface area contributed by atoms with Crippen molar-refractivity contribution in [2.24, 2.45) is 0 Å². The molecule has 0 aliphatic carbocycles. The summed E-state index contributed by atoms with van der Waals surface area (Å²) < 4.78 is 10.5. The molecule has 0 fully saturated rings. The van der Waals surface area contributed by atoms with Crippen molar-refractivity contribution < 1.29 is 19.1 Å². The van der Waals surface area contributed by atoms with E-state index in [4.69, 9.17) is 32.7 Å². The molecule has 1 heterocycles. The van der Waals surface area contributed by atoms with Gasteiger partial charge in [0.1, 0.15) is 23.9 Å². The molecule has 1 aromatic heterocycles. The minimum absolute atomic E-state index is 0.00204. The number of carbonyl (C=O) groups is 2. The second-order valence-electron chi connectivity index (χ2n) is 5.81. The number of methoxy groups -OCH3 is 1. The minimum Gasteiger partial charge on any atom is -0.496 e. The number of esters is 1. The molecular weight excluding hydrogens is 435 g/mol. The highest BCUT2D eigenvalue weighted by Crippen LogP contribution is 2.32. The van der Waals surface area contributed by atoms with Crippen molar-refractivity contribution in [2.45, 2.75) is 6.61 Å². The van der Waals surface area contributed by atoms with Gasteiger partial charge in [-0.05, 0) is 30.3 Å². The number of hydrogen-bond acceptors (Lipinski definition) is 6. The fraction of sp³-hybridized carbons (Fsp3) is 0.150. The van der Waals surface area contributed by atoms with Crippen LogP contribution < -0.4 is 10.1 Å². The van der Waals surface area contributed by atoms with E-state index in [1.165, 1.54) is 23.5 Å². The molecule has 1 amide bonds. The van der Waals surface area contributed by atoms with Gasteiger partial charge in [0.15, 0.2) is 0 Å². The molecule has 0 bridgehead atoms. The van der Waals surface area contributed by atoms with E-state index in [-0.39, 0.29) is 23.7 Å². The zero-order valence-corrected chi connectivity index (χ0v) is 17.6. The van der Waals surface area contributed by atoms with Gasteiger partial charge in [-0.15, -0.1) is 11.3 Å². The van der Waals surface area contributed by atoms with Gasteiger partial charge in [-0.1, -0.05) is 35.3 Å². The summed E-state index contributed by atoms with van der Waals surface area (Å²) in [6.07, 6.45) is 0. The van der Waals surface area contributed by atoms with Gasteiger partial charge in [0.2, 0.25) is 0 Å². The first-order valence-electron chi connectivity index (χ1n) is 8.44. The quantitative estimate of drug-likeness (QED) is 0.532. The lowest BCUT2D eigenvalue weighted by Gasteiger charge is -2.07. The Bertz CT molecular complexity index is 1040. The van der Waals surface area contributed by atoms with Crippen LogP contribution in [-0.4, -0.2) is 30.5 Å². The van der Waals surface area contributed by atoms with Crippen LogP contribution in [0.4, 0.5) is 0 Å². The molecule has 150 valence electrons. The van der Waals surface area contributed by atoms with E-state index in [1.54, 1.807) is 18.6 Å². The lowest BCUT2D eigenvalue weighted by Crippen LogP contribution is -2.30. The molecule has 29 heavy (non-hydrogen) atoms. The maximum atomic E-state index is 12.1. The highest BCUT2D eigenvalue weighted by molar-refractivity contribution is 7.13. The largest absolute Gasteiger partial charge is 0.496 e. The molecule has 0 saturated heterocycles. The molecule has 0 atom stereocenters. The molecular formula is C20H16Cl2N2O4S. The third-order valence-corrected chi connectivity index (χ3v) is 5.31. The molecule has 0 unspecified atom stereocenters. The first-order valence-corrected chi connectivity index (χ1v) is 10.1. The van der Waals surface area contributed by atoms with Crippen molar-refractivity contribution in [2.75, 3.05) is 13.7 Å². The van der Waals surface area contributed by atoms with Crippen LogP contribution in [0.25, 0.3) is 10.6 Å². The molecule has 0 saturated carbocycles. The Hall–Kier alpha value is -2.61. The van der Waals surface area contributed by atoms with Gasteiger partial charge in [-0.3, -0.25) is 9.59 Å². The number of aromatic nitrogens is 1. The summed E-state index contributed by atoms with van der Waals surface area (Å²) in [4.78, 5) is 28.5. The number of benzene rings is 2. The van der Waals surface area contributed by atoms with Crippen LogP contribution in [0.1, 0.15) is 16.1 Å². The van der Waals surface area contributed by atoms with Gasteiger partial charge in [0.25, 0.3) is 5.91 Å². The second-order valence-corrected chi connectivity index (χ2v) is 7.51. The van der Waals surface area contributed by atoms with Crippen LogP contribution in [0.15, 0.2) is 47.8 Å². The van der Waals surface area contributed by atoms with Crippen LogP contribution in [0.3, 0.4) is 0 Å². The Kier molecular flexibility index (Phi) is 7.09. The second kappa shape index (κ2) is 9.73. The van der Waals surface area contributed by atoms with Gasteiger partial charge in [0, 0.05) is 10.4 Å². The molecule has 0 radical (unpaired) electrons. The van der Waals surface area contributed by atoms with Gasteiger partial charge in [0.05, 0.1) is 29.0 Å². The molecule has 3 rings (SSSR count). The van der Waals surface area contributed by atoms with E-state index in [2.05, 4.69) is 10.3 Å². The maximum absolute atomic E-state index is 12.1. The third-order valence-electron chi connectivity index (χ3n) is 3.84. The first-order chi connectivity index (χ1) is 14.0. The van der Waals surface area contributed by atoms with E-state index < -0.39 is 11.9 Å². The van der Waals surface area contributed by atoms with E-state index in [0.717, 1.165) is 10.6 Å². The number of ether oxygens (including phenoxy) is 2. The van der Waals surface area contributed by atoms with Crippen LogP contribution >= 0.6 is 34.5 Å². The number of hydrogen-bond donors (Lipinski definition) is 1. The molecule has 3 aromatic rings. The Morgan fingerprint density at radius 3 is 2.72 bits per heavy atom. The number of nitrogens with zero attached hydrogens (tertiary/aromatic N) is 1. The van der Waals surface area contributed by atoms with E-state index in [0.29, 0.717) is 16.5 Å². The average molecular weight is 451 g/mol. The van der Waals surface area contributed by atoms with E-state index in [9.17, 15) is 9.59 Å². The summed E-state index contributed by atoms with van der Waals surface area (Å²) in [5.74, 6) is -0.361. The number of halogens is 2. The maximum Gasteiger partial charge on any atom is 0.325 e. The Balaban J connectivity index is 1.52. The monoisotopic (exact) mass is 450 g/mol. The molecule has 1 N–H and O–H groups in total. The normalized spacial score (nSPS) is 10.4. The van der Waals surface area contributed by atoms with Gasteiger partial charge >= 0.3 is 5.97 Å². The number of para-hydroxylation sites is 1. The number of rotatable bonds is 7. The SMILES string of the molecule is COc1ccccc1-c1nc(COC(=O)CNC(=O)c2ccc(Cl)cc2Cl)cs1. The van der Waals surface area contributed by atoms with E-state index in [1.807, 2.05) is 24.3 Å². The summed E-state index contributed by atoms with van der Waals surface area (Å²) in [5.41, 5.74) is 1.70. The van der Waals surface area contributed by atoms with Crippen molar-refractivity contribution in [1.29, 1.82) is 0 Å². The lowest BCUT2D eigenvalue weighted by atomic mass is 10.2. The lowest BCUT2D eigenvalue weighted by molar-refractivity contribution is -0.143. The molecule has 2 aromatic carbocycles.